The molecule has 0 saturated carbocycles. The Kier molecular flexibility index (Phi) is 4.44. The Morgan fingerprint density at radius 3 is 2.65 bits per heavy atom. The zero-order valence-corrected chi connectivity index (χ0v) is 13.5. The number of likely N-dealkylation sites (tertiary alicyclic amines) is 1. The van der Waals surface area contributed by atoms with E-state index >= 15 is 0 Å². The Bertz CT molecular complexity index is 771. The van der Waals surface area contributed by atoms with Gasteiger partial charge >= 0.3 is 0 Å². The fourth-order valence-electron chi connectivity index (χ4n) is 2.54. The van der Waals surface area contributed by atoms with E-state index in [9.17, 15) is 9.18 Å². The Labute approximate surface area is 139 Å². The van der Waals surface area contributed by atoms with Gasteiger partial charge in [-0.1, -0.05) is 17.7 Å². The van der Waals surface area contributed by atoms with E-state index in [1.54, 1.807) is 11.0 Å². The van der Waals surface area contributed by atoms with Gasteiger partial charge in [0.15, 0.2) is 0 Å². The molecule has 1 amide bonds. The minimum atomic E-state index is -0.355. The number of amides is 1. The molecule has 1 aliphatic rings. The van der Waals surface area contributed by atoms with Gasteiger partial charge in [-0.25, -0.2) is 9.38 Å². The lowest BCUT2D eigenvalue weighted by molar-refractivity contribution is 0.0857. The van der Waals surface area contributed by atoms with Crippen molar-refractivity contribution >= 4 is 29.0 Å². The molecule has 0 bridgehead atoms. The lowest BCUT2D eigenvalue weighted by atomic mass is 10.2. The normalized spacial score (nSPS) is 16.1. The minimum Gasteiger partial charge on any atom is -0.296 e. The molecule has 0 unspecified atom stereocenters. The van der Waals surface area contributed by atoms with Gasteiger partial charge in [-0.2, -0.15) is 0 Å². The average molecular weight is 331 g/mol. The highest BCUT2D eigenvalue weighted by Crippen LogP contribution is 2.25. The summed E-state index contributed by atoms with van der Waals surface area (Å²) < 4.78 is 13.0. The van der Waals surface area contributed by atoms with E-state index < -0.39 is 0 Å². The monoisotopic (exact) mass is 330 g/mol. The quantitative estimate of drug-likeness (QED) is 0.781. The summed E-state index contributed by atoms with van der Waals surface area (Å²) in [7, 11) is 0. The second-order valence-corrected chi connectivity index (χ2v) is 5.94. The molecule has 3 nitrogen and oxygen atoms in total. The molecule has 0 atom stereocenters. The highest BCUT2D eigenvalue weighted by atomic mass is 35.5. The maximum Gasteiger partial charge on any atom is 0.259 e. The first kappa shape index (κ1) is 15.7. The molecule has 2 aromatic carbocycles. The molecule has 5 heteroatoms. The van der Waals surface area contributed by atoms with Crippen molar-refractivity contribution in [1.29, 1.82) is 0 Å². The van der Waals surface area contributed by atoms with Gasteiger partial charge in [0, 0.05) is 23.6 Å². The molecule has 0 aliphatic carbocycles. The zero-order valence-electron chi connectivity index (χ0n) is 12.7. The number of hydrogen-bond acceptors (Lipinski definition) is 2. The summed E-state index contributed by atoms with van der Waals surface area (Å²) in [5.74, 6) is 0.213. The van der Waals surface area contributed by atoms with E-state index in [0.29, 0.717) is 17.1 Å². The molecule has 1 saturated heterocycles. The standard InChI is InChI=1S/C18H16ClFN2O/c1-12-4-9-15(11-16(12)19)21-17-3-2-10-22(17)18(23)13-5-7-14(20)8-6-13/h4-9,11H,2-3,10H2,1H3. The molecule has 118 valence electrons. The molecule has 0 spiro atoms. The Morgan fingerprint density at radius 1 is 1.22 bits per heavy atom. The topological polar surface area (TPSA) is 32.7 Å². The minimum absolute atomic E-state index is 0.153. The van der Waals surface area contributed by atoms with E-state index in [4.69, 9.17) is 11.6 Å². The fourth-order valence-corrected chi connectivity index (χ4v) is 2.72. The summed E-state index contributed by atoms with van der Waals surface area (Å²) in [5.41, 5.74) is 2.18. The maximum atomic E-state index is 13.0. The molecule has 23 heavy (non-hydrogen) atoms. The number of halogens is 2. The molecule has 3 rings (SSSR count). The predicted molar refractivity (Wildman–Crippen MR) is 90.0 cm³/mol. The van der Waals surface area contributed by atoms with Gasteiger partial charge in [-0.15, -0.1) is 0 Å². The van der Waals surface area contributed by atoms with E-state index in [1.807, 2.05) is 19.1 Å². The van der Waals surface area contributed by atoms with Crippen molar-refractivity contribution in [2.45, 2.75) is 19.8 Å². The largest absolute Gasteiger partial charge is 0.296 e. The highest BCUT2D eigenvalue weighted by molar-refractivity contribution is 6.31. The van der Waals surface area contributed by atoms with Crippen LogP contribution in [0.4, 0.5) is 10.1 Å². The Balaban J connectivity index is 1.87. The number of rotatable bonds is 2. The summed E-state index contributed by atoms with van der Waals surface area (Å²) in [6.45, 7) is 2.55. The van der Waals surface area contributed by atoms with Crippen molar-refractivity contribution < 1.29 is 9.18 Å². The molecule has 1 heterocycles. The predicted octanol–water partition coefficient (Wildman–Crippen LogP) is 4.75. The van der Waals surface area contributed by atoms with E-state index in [0.717, 1.165) is 29.9 Å². The van der Waals surface area contributed by atoms with Crippen molar-refractivity contribution in [3.05, 3.63) is 64.4 Å². The van der Waals surface area contributed by atoms with Crippen LogP contribution in [0.2, 0.25) is 5.02 Å². The number of benzene rings is 2. The molecule has 1 aliphatic heterocycles. The van der Waals surface area contributed by atoms with Crippen molar-refractivity contribution in [2.75, 3.05) is 6.54 Å². The van der Waals surface area contributed by atoms with Crippen molar-refractivity contribution in [3.8, 4) is 0 Å². The summed E-state index contributed by atoms with van der Waals surface area (Å²) in [5, 5.41) is 0.654. The second-order valence-electron chi connectivity index (χ2n) is 5.53. The summed E-state index contributed by atoms with van der Waals surface area (Å²) in [6, 6.07) is 11.2. The summed E-state index contributed by atoms with van der Waals surface area (Å²) >= 11 is 6.12. The van der Waals surface area contributed by atoms with Crippen LogP contribution in [0.5, 0.6) is 0 Å². The van der Waals surface area contributed by atoms with Crippen LogP contribution in [0.15, 0.2) is 47.5 Å². The Hall–Kier alpha value is -2.20. The van der Waals surface area contributed by atoms with Gasteiger partial charge in [0.25, 0.3) is 5.91 Å². The molecule has 0 N–H and O–H groups in total. The molecule has 1 fully saturated rings. The van der Waals surface area contributed by atoms with E-state index in [2.05, 4.69) is 4.99 Å². The third-order valence-corrected chi connectivity index (χ3v) is 4.25. The van der Waals surface area contributed by atoms with Gasteiger partial charge in [-0.3, -0.25) is 9.69 Å². The number of carbonyl (C=O) groups is 1. The van der Waals surface area contributed by atoms with Crippen LogP contribution in [-0.4, -0.2) is 23.2 Å². The lowest BCUT2D eigenvalue weighted by Crippen LogP contribution is -2.31. The van der Waals surface area contributed by atoms with Gasteiger partial charge in [0.05, 0.1) is 5.69 Å². The van der Waals surface area contributed by atoms with Crippen LogP contribution in [-0.2, 0) is 0 Å². The van der Waals surface area contributed by atoms with Crippen LogP contribution in [0, 0.1) is 12.7 Å². The van der Waals surface area contributed by atoms with Gasteiger partial charge in [0.2, 0.25) is 0 Å². The third kappa shape index (κ3) is 3.42. The lowest BCUT2D eigenvalue weighted by Gasteiger charge is -2.17. The smallest absolute Gasteiger partial charge is 0.259 e. The SMILES string of the molecule is Cc1ccc(N=C2CCCN2C(=O)c2ccc(F)cc2)cc1Cl. The first-order chi connectivity index (χ1) is 11.0. The van der Waals surface area contributed by atoms with Crippen molar-refractivity contribution in [2.24, 2.45) is 4.99 Å². The molecule has 0 aromatic heterocycles. The van der Waals surface area contributed by atoms with Crippen LogP contribution in [0.1, 0.15) is 28.8 Å². The number of carbonyl (C=O) groups excluding carboxylic acids is 1. The first-order valence-corrected chi connectivity index (χ1v) is 7.83. The average Bonchev–Trinajstić information content (AvgIpc) is 2.99. The molecule has 2 aromatic rings. The van der Waals surface area contributed by atoms with Crippen LogP contribution >= 0.6 is 11.6 Å². The van der Waals surface area contributed by atoms with Crippen LogP contribution in [0.25, 0.3) is 0 Å². The number of hydrogen-bond donors (Lipinski definition) is 0. The second kappa shape index (κ2) is 6.50. The van der Waals surface area contributed by atoms with E-state index in [1.165, 1.54) is 24.3 Å². The molecular formula is C18H16ClFN2O. The summed E-state index contributed by atoms with van der Waals surface area (Å²) in [6.07, 6.45) is 1.60. The van der Waals surface area contributed by atoms with Gasteiger partial charge in [-0.05, 0) is 55.3 Å². The van der Waals surface area contributed by atoms with Gasteiger partial charge in [0.1, 0.15) is 11.7 Å². The number of aliphatic imine (C=N–C) groups is 1. The van der Waals surface area contributed by atoms with Crippen LogP contribution < -0.4 is 0 Å². The van der Waals surface area contributed by atoms with Crippen molar-refractivity contribution in [3.63, 3.8) is 0 Å². The fraction of sp³-hybridized carbons (Fsp3) is 0.222. The van der Waals surface area contributed by atoms with E-state index in [-0.39, 0.29) is 11.7 Å². The van der Waals surface area contributed by atoms with Crippen LogP contribution in [0.3, 0.4) is 0 Å². The maximum absolute atomic E-state index is 13.0. The highest BCUT2D eigenvalue weighted by Gasteiger charge is 2.25. The number of nitrogens with zero attached hydrogens (tertiary/aromatic N) is 2. The number of amidine groups is 1. The third-order valence-electron chi connectivity index (χ3n) is 3.84. The number of aryl methyl sites for hydroxylation is 1. The van der Waals surface area contributed by atoms with Crippen molar-refractivity contribution in [1.82, 2.24) is 4.90 Å². The zero-order chi connectivity index (χ0) is 16.4. The summed E-state index contributed by atoms with van der Waals surface area (Å²) in [4.78, 5) is 18.8. The van der Waals surface area contributed by atoms with Gasteiger partial charge < -0.3 is 0 Å². The molecular weight excluding hydrogens is 315 g/mol. The first-order valence-electron chi connectivity index (χ1n) is 7.46. The Morgan fingerprint density at radius 2 is 1.96 bits per heavy atom. The molecule has 0 radical (unpaired) electrons.